The topological polar surface area (TPSA) is 118 Å². The fourth-order valence-corrected chi connectivity index (χ4v) is 6.60. The highest BCUT2D eigenvalue weighted by atomic mass is 32.2. The summed E-state index contributed by atoms with van der Waals surface area (Å²) in [5, 5.41) is 0. The van der Waals surface area contributed by atoms with Gasteiger partial charge in [-0.1, -0.05) is 0 Å². The summed E-state index contributed by atoms with van der Waals surface area (Å²) in [6.07, 6.45) is 0. The van der Waals surface area contributed by atoms with Crippen molar-refractivity contribution in [1.29, 1.82) is 0 Å². The van der Waals surface area contributed by atoms with Gasteiger partial charge in [-0.25, -0.2) is 9.59 Å². The van der Waals surface area contributed by atoms with Gasteiger partial charge in [-0.2, -0.15) is 0 Å². The largest absolute Gasteiger partial charge is 0.464 e. The van der Waals surface area contributed by atoms with Crippen molar-refractivity contribution in [2.24, 2.45) is 0 Å². The van der Waals surface area contributed by atoms with Gasteiger partial charge in [0, 0.05) is 9.75 Å². The number of nitrogens with one attached hydrogen (secondary N) is 2. The van der Waals surface area contributed by atoms with Crippen molar-refractivity contribution in [2.45, 2.75) is 13.8 Å². The Kier molecular flexibility index (Phi) is 6.46. The molecule has 0 aliphatic rings. The molecule has 4 heterocycles. The summed E-state index contributed by atoms with van der Waals surface area (Å²) in [6.45, 7) is 3.71. The van der Waals surface area contributed by atoms with Gasteiger partial charge in [0.1, 0.15) is 11.4 Å². The van der Waals surface area contributed by atoms with Gasteiger partial charge in [0.2, 0.25) is 0 Å². The van der Waals surface area contributed by atoms with Crippen LogP contribution in [-0.4, -0.2) is 59.2 Å². The summed E-state index contributed by atoms with van der Waals surface area (Å²) in [7, 11) is 2.60. The minimum Gasteiger partial charge on any atom is -0.464 e. The van der Waals surface area contributed by atoms with Gasteiger partial charge in [-0.05, 0) is 26.0 Å². The van der Waals surface area contributed by atoms with Crippen LogP contribution in [0.3, 0.4) is 0 Å². The minimum absolute atomic E-state index is 0.116. The molecule has 0 unspecified atom stereocenters. The lowest BCUT2D eigenvalue weighted by Crippen LogP contribution is -2.09. The third kappa shape index (κ3) is 4.23. The number of H-pyrrole nitrogens is 2. The molecule has 4 rings (SSSR count). The van der Waals surface area contributed by atoms with Crippen LogP contribution in [0.2, 0.25) is 0 Å². The second-order valence-corrected chi connectivity index (χ2v) is 10.7. The molecule has 0 aliphatic carbocycles. The van der Waals surface area contributed by atoms with Crippen LogP contribution < -0.4 is 0 Å². The van der Waals surface area contributed by atoms with Gasteiger partial charge in [-0.3, -0.25) is 9.59 Å². The number of methoxy groups -OCH3 is 2. The van der Waals surface area contributed by atoms with E-state index in [9.17, 15) is 19.2 Å². The van der Waals surface area contributed by atoms with E-state index in [4.69, 9.17) is 9.47 Å². The lowest BCUT2D eigenvalue weighted by Gasteiger charge is -2.03. The molecule has 0 amide bonds. The van der Waals surface area contributed by atoms with E-state index in [1.807, 2.05) is 13.8 Å². The molecular weight excluding hydrogens is 484 g/mol. The molecule has 0 radical (unpaired) electrons. The molecule has 4 aromatic heterocycles. The number of carbonyl (C=O) groups is 4. The van der Waals surface area contributed by atoms with Crippen LogP contribution in [0.4, 0.5) is 0 Å². The maximum absolute atomic E-state index is 12.9. The lowest BCUT2D eigenvalue weighted by molar-refractivity contribution is 0.0586. The molecule has 33 heavy (non-hydrogen) atoms. The number of thiophene rings is 2. The number of thioether (sulfide) groups is 1. The Bertz CT molecular complexity index is 1310. The molecule has 0 bridgehead atoms. The summed E-state index contributed by atoms with van der Waals surface area (Å²) in [5.74, 6) is -0.979. The van der Waals surface area contributed by atoms with Crippen LogP contribution in [-0.2, 0) is 9.47 Å². The molecule has 0 atom stereocenters. The maximum Gasteiger partial charge on any atom is 0.354 e. The monoisotopic (exact) mass is 504 g/mol. The first-order valence-corrected chi connectivity index (χ1v) is 12.6. The van der Waals surface area contributed by atoms with Gasteiger partial charge in [0.15, 0.2) is 11.6 Å². The summed E-state index contributed by atoms with van der Waals surface area (Å²) < 4.78 is 11.1. The number of esters is 2. The van der Waals surface area contributed by atoms with Gasteiger partial charge in [0.05, 0.1) is 57.3 Å². The van der Waals surface area contributed by atoms with Crippen molar-refractivity contribution in [1.82, 2.24) is 9.97 Å². The predicted molar refractivity (Wildman–Crippen MR) is 130 cm³/mol. The average molecular weight is 505 g/mol. The molecule has 0 saturated carbocycles. The number of ether oxygens (including phenoxy) is 2. The third-order valence-corrected chi connectivity index (χ3v) is 8.16. The van der Waals surface area contributed by atoms with E-state index in [0.29, 0.717) is 33.5 Å². The van der Waals surface area contributed by atoms with E-state index in [-0.39, 0.29) is 23.1 Å². The second-order valence-electron chi connectivity index (χ2n) is 7.23. The maximum atomic E-state index is 12.9. The number of aromatic nitrogens is 2. The van der Waals surface area contributed by atoms with E-state index in [1.54, 1.807) is 12.1 Å². The highest BCUT2D eigenvalue weighted by Crippen LogP contribution is 2.34. The Balaban J connectivity index is 1.47. The van der Waals surface area contributed by atoms with Crippen molar-refractivity contribution < 1.29 is 28.7 Å². The molecule has 0 saturated heterocycles. The van der Waals surface area contributed by atoms with E-state index in [0.717, 1.165) is 19.2 Å². The van der Waals surface area contributed by atoms with Gasteiger partial charge < -0.3 is 19.4 Å². The first-order chi connectivity index (χ1) is 15.7. The molecule has 4 aromatic rings. The predicted octanol–water partition coefficient (Wildman–Crippen LogP) is 4.76. The van der Waals surface area contributed by atoms with Crippen LogP contribution in [0.15, 0.2) is 12.1 Å². The fourth-order valence-electron chi connectivity index (χ4n) is 3.68. The van der Waals surface area contributed by atoms with Gasteiger partial charge in [0.25, 0.3) is 0 Å². The summed E-state index contributed by atoms with van der Waals surface area (Å²) in [4.78, 5) is 57.1. The number of aromatic amines is 2. The van der Waals surface area contributed by atoms with Gasteiger partial charge in [-0.15, -0.1) is 34.4 Å². The van der Waals surface area contributed by atoms with Crippen LogP contribution in [0.25, 0.3) is 20.4 Å². The molecule has 11 heteroatoms. The molecule has 0 spiro atoms. The fraction of sp³-hybridized carbons (Fsp3) is 0.273. The van der Waals surface area contributed by atoms with E-state index >= 15 is 0 Å². The van der Waals surface area contributed by atoms with Crippen molar-refractivity contribution in [2.75, 3.05) is 25.7 Å². The number of rotatable bonds is 8. The Morgan fingerprint density at radius 2 is 1.18 bits per heavy atom. The number of Topliss-reactive ketones (excluding diaryl/α,β-unsaturated/α-hetero) is 2. The van der Waals surface area contributed by atoms with Crippen molar-refractivity contribution in [3.63, 3.8) is 0 Å². The van der Waals surface area contributed by atoms with Crippen molar-refractivity contribution in [3.8, 4) is 0 Å². The molecule has 2 N–H and O–H groups in total. The molecule has 172 valence electrons. The Morgan fingerprint density at radius 3 is 1.55 bits per heavy atom. The van der Waals surface area contributed by atoms with Crippen LogP contribution >= 0.6 is 34.4 Å². The van der Waals surface area contributed by atoms with Crippen LogP contribution in [0, 0.1) is 13.8 Å². The lowest BCUT2D eigenvalue weighted by atomic mass is 10.1. The Morgan fingerprint density at radius 1 is 0.788 bits per heavy atom. The number of aryl methyl sites for hydroxylation is 2. The SMILES string of the molecule is COC(=O)c1cc2sc(C)c(C(=O)CSCC(=O)c3c(C)sc4cc(C(=O)OC)[nH]c34)c2[nH]1. The summed E-state index contributed by atoms with van der Waals surface area (Å²) in [5.41, 5.74) is 2.89. The standard InChI is InChI=1S/C22H20N2O6S3/c1-9-17(19-15(32-9)5-11(23-19)21(27)29-3)13(25)7-31-8-14(26)18-10(2)33-16-6-12(22(28)30-4)24-20(16)18/h5-6,23-24H,7-8H2,1-4H3. The number of hydrogen-bond acceptors (Lipinski definition) is 9. The summed E-state index contributed by atoms with van der Waals surface area (Å²) >= 11 is 4.09. The van der Waals surface area contributed by atoms with E-state index < -0.39 is 11.9 Å². The van der Waals surface area contributed by atoms with Crippen LogP contribution in [0.1, 0.15) is 51.4 Å². The number of carbonyl (C=O) groups excluding carboxylic acids is 4. The molecule has 0 aromatic carbocycles. The molecule has 8 nitrogen and oxygen atoms in total. The van der Waals surface area contributed by atoms with Gasteiger partial charge >= 0.3 is 11.9 Å². The number of ketones is 2. The minimum atomic E-state index is -0.494. The third-order valence-electron chi connectivity index (χ3n) is 5.13. The highest BCUT2D eigenvalue weighted by molar-refractivity contribution is 8.00. The zero-order valence-electron chi connectivity index (χ0n) is 18.2. The number of hydrogen-bond donors (Lipinski definition) is 2. The number of fused-ring (bicyclic) bond motifs is 2. The molecule has 0 fully saturated rings. The average Bonchev–Trinajstić information content (AvgIpc) is 3.50. The first kappa shape index (κ1) is 23.3. The van der Waals surface area contributed by atoms with Crippen LogP contribution in [0.5, 0.6) is 0 Å². The van der Waals surface area contributed by atoms with Crippen molar-refractivity contribution in [3.05, 3.63) is 44.4 Å². The van der Waals surface area contributed by atoms with Crippen molar-refractivity contribution >= 4 is 78.4 Å². The second kappa shape index (κ2) is 9.16. The quantitative estimate of drug-likeness (QED) is 0.262. The van der Waals surface area contributed by atoms with E-state index in [1.165, 1.54) is 48.7 Å². The van der Waals surface area contributed by atoms with E-state index in [2.05, 4.69) is 9.97 Å². The Hall–Kier alpha value is -2.89. The first-order valence-electron chi connectivity index (χ1n) is 9.80. The smallest absolute Gasteiger partial charge is 0.354 e. The zero-order valence-corrected chi connectivity index (χ0v) is 20.7. The summed E-state index contributed by atoms with van der Waals surface area (Å²) in [6, 6.07) is 3.35. The zero-order chi connectivity index (χ0) is 23.9. The molecule has 0 aliphatic heterocycles. The highest BCUT2D eigenvalue weighted by Gasteiger charge is 2.23. The normalized spacial score (nSPS) is 11.3. The molecular formula is C22H20N2O6S3. The Labute approximate surface area is 200 Å².